The van der Waals surface area contributed by atoms with E-state index < -0.39 is 0 Å². The Kier molecular flexibility index (Phi) is 3.92. The van der Waals surface area contributed by atoms with E-state index in [1.807, 2.05) is 4.90 Å². The molecule has 0 saturated carbocycles. The van der Waals surface area contributed by atoms with E-state index >= 15 is 0 Å². The summed E-state index contributed by atoms with van der Waals surface area (Å²) in [4.78, 5) is 25.6. The normalized spacial score (nSPS) is 24.1. The zero-order valence-corrected chi connectivity index (χ0v) is 12.9. The Morgan fingerprint density at radius 1 is 1.41 bits per heavy atom. The number of urea groups is 1. The Bertz CT molecular complexity index is 602. The highest BCUT2D eigenvalue weighted by Gasteiger charge is 2.28. The number of rotatable bonds is 1. The van der Waals surface area contributed by atoms with Gasteiger partial charge in [0, 0.05) is 24.3 Å². The number of piperidine rings is 1. The van der Waals surface area contributed by atoms with Gasteiger partial charge in [0.05, 0.1) is 5.69 Å². The van der Waals surface area contributed by atoms with Crippen LogP contribution in [0.3, 0.4) is 0 Å². The number of carbonyl (C=O) groups is 2. The van der Waals surface area contributed by atoms with Crippen LogP contribution < -0.4 is 15.4 Å². The molecule has 1 aromatic rings. The van der Waals surface area contributed by atoms with Gasteiger partial charge < -0.3 is 20.3 Å². The smallest absolute Gasteiger partial charge is 0.322 e. The lowest BCUT2D eigenvalue weighted by molar-refractivity contribution is -0.118. The van der Waals surface area contributed by atoms with Crippen LogP contribution in [0, 0.1) is 5.92 Å². The van der Waals surface area contributed by atoms with E-state index in [9.17, 15) is 9.59 Å². The molecule has 0 spiro atoms. The molecular weight excluding hydrogens is 282 g/mol. The van der Waals surface area contributed by atoms with E-state index in [4.69, 9.17) is 4.74 Å². The predicted octanol–water partition coefficient (Wildman–Crippen LogP) is 2.67. The average molecular weight is 303 g/mol. The van der Waals surface area contributed by atoms with E-state index in [1.54, 1.807) is 18.2 Å². The molecule has 0 aliphatic carbocycles. The number of benzene rings is 1. The number of fused-ring (bicyclic) bond motifs is 1. The molecule has 0 unspecified atom stereocenters. The molecule has 0 bridgehead atoms. The number of hydrogen-bond acceptors (Lipinski definition) is 3. The summed E-state index contributed by atoms with van der Waals surface area (Å²) in [6.07, 6.45) is 2.20. The topological polar surface area (TPSA) is 70.7 Å². The van der Waals surface area contributed by atoms with Gasteiger partial charge in [-0.1, -0.05) is 6.92 Å². The lowest BCUT2D eigenvalue weighted by Crippen LogP contribution is -2.47. The number of carbonyl (C=O) groups excluding carboxylic acids is 2. The molecule has 1 saturated heterocycles. The maximum absolute atomic E-state index is 12.4. The Labute approximate surface area is 129 Å². The Morgan fingerprint density at radius 2 is 2.23 bits per heavy atom. The van der Waals surface area contributed by atoms with Crippen molar-refractivity contribution in [3.05, 3.63) is 18.2 Å². The number of nitrogens with one attached hydrogen (secondary N) is 2. The molecule has 2 N–H and O–H groups in total. The van der Waals surface area contributed by atoms with Crippen molar-refractivity contribution >= 4 is 23.3 Å². The zero-order valence-electron chi connectivity index (χ0n) is 12.9. The first-order valence-electron chi connectivity index (χ1n) is 7.69. The van der Waals surface area contributed by atoms with Gasteiger partial charge in [-0.2, -0.15) is 0 Å². The molecule has 2 atom stereocenters. The molecule has 2 aliphatic heterocycles. The van der Waals surface area contributed by atoms with E-state index in [0.717, 1.165) is 19.4 Å². The molecular formula is C16H21N3O3. The molecule has 3 amide bonds. The van der Waals surface area contributed by atoms with Crippen LogP contribution in [0.25, 0.3) is 0 Å². The molecule has 1 aromatic carbocycles. The minimum atomic E-state index is -0.166. The molecule has 118 valence electrons. The highest BCUT2D eigenvalue weighted by atomic mass is 16.5. The first kappa shape index (κ1) is 14.7. The van der Waals surface area contributed by atoms with Gasteiger partial charge in [-0.05, 0) is 37.8 Å². The summed E-state index contributed by atoms with van der Waals surface area (Å²) in [6.45, 7) is 5.06. The van der Waals surface area contributed by atoms with Gasteiger partial charge in [-0.15, -0.1) is 0 Å². The Morgan fingerprint density at radius 3 is 3.05 bits per heavy atom. The number of amides is 3. The molecule has 22 heavy (non-hydrogen) atoms. The van der Waals surface area contributed by atoms with Gasteiger partial charge in [-0.3, -0.25) is 4.79 Å². The van der Waals surface area contributed by atoms with Crippen molar-refractivity contribution in [1.82, 2.24) is 4.90 Å². The van der Waals surface area contributed by atoms with Crippen LogP contribution in [0.4, 0.5) is 16.2 Å². The van der Waals surface area contributed by atoms with Crippen molar-refractivity contribution in [2.75, 3.05) is 23.8 Å². The Balaban J connectivity index is 1.70. The monoisotopic (exact) mass is 303 g/mol. The maximum atomic E-state index is 12.4. The van der Waals surface area contributed by atoms with Crippen molar-refractivity contribution in [3.63, 3.8) is 0 Å². The summed E-state index contributed by atoms with van der Waals surface area (Å²) in [6, 6.07) is 5.40. The number of ether oxygens (including phenoxy) is 1. The van der Waals surface area contributed by atoms with Crippen LogP contribution >= 0.6 is 0 Å². The minimum absolute atomic E-state index is 0.00503. The van der Waals surface area contributed by atoms with Crippen LogP contribution in [0.15, 0.2) is 18.2 Å². The van der Waals surface area contributed by atoms with Crippen molar-refractivity contribution in [2.45, 2.75) is 32.7 Å². The molecule has 1 fully saturated rings. The highest BCUT2D eigenvalue weighted by molar-refractivity contribution is 5.96. The Hall–Kier alpha value is -2.24. The lowest BCUT2D eigenvalue weighted by Gasteiger charge is -2.37. The van der Waals surface area contributed by atoms with Crippen LogP contribution in [0.5, 0.6) is 5.75 Å². The SMILES string of the molecule is C[C@@H]1CCCN(C(=O)Nc2ccc3c(c2)OCC(=O)N3)[C@@H]1C. The third kappa shape index (κ3) is 2.86. The molecule has 6 heteroatoms. The first-order chi connectivity index (χ1) is 10.5. The second kappa shape index (κ2) is 5.87. The zero-order chi connectivity index (χ0) is 15.7. The fraction of sp³-hybridized carbons (Fsp3) is 0.500. The van der Waals surface area contributed by atoms with Gasteiger partial charge in [0.1, 0.15) is 5.75 Å². The van der Waals surface area contributed by atoms with Gasteiger partial charge in [0.15, 0.2) is 6.61 Å². The molecule has 2 aliphatic rings. The van der Waals surface area contributed by atoms with Gasteiger partial charge in [0.25, 0.3) is 5.91 Å². The summed E-state index contributed by atoms with van der Waals surface area (Å²) in [7, 11) is 0. The standard InChI is InChI=1S/C16H21N3O3/c1-10-4-3-7-19(11(10)2)16(21)17-12-5-6-13-14(8-12)22-9-15(20)18-13/h5-6,8,10-11H,3-4,7,9H2,1-2H3,(H,17,21)(H,18,20)/t10-,11-/m1/s1. The molecule has 3 rings (SSSR count). The first-order valence-corrected chi connectivity index (χ1v) is 7.69. The number of likely N-dealkylation sites (tertiary alicyclic amines) is 1. The highest BCUT2D eigenvalue weighted by Crippen LogP contribution is 2.31. The van der Waals surface area contributed by atoms with Crippen molar-refractivity contribution in [3.8, 4) is 5.75 Å². The van der Waals surface area contributed by atoms with E-state index in [-0.39, 0.29) is 24.6 Å². The number of nitrogens with zero attached hydrogens (tertiary/aromatic N) is 1. The third-order valence-corrected chi connectivity index (χ3v) is 4.50. The van der Waals surface area contributed by atoms with Crippen molar-refractivity contribution < 1.29 is 14.3 Å². The van der Waals surface area contributed by atoms with E-state index in [0.29, 0.717) is 23.0 Å². The average Bonchev–Trinajstić information content (AvgIpc) is 2.50. The number of hydrogen-bond donors (Lipinski definition) is 2. The summed E-state index contributed by atoms with van der Waals surface area (Å²) in [5.41, 5.74) is 1.31. The van der Waals surface area contributed by atoms with Gasteiger partial charge >= 0.3 is 6.03 Å². The van der Waals surface area contributed by atoms with Crippen LogP contribution in [-0.2, 0) is 4.79 Å². The van der Waals surface area contributed by atoms with Crippen LogP contribution in [0.1, 0.15) is 26.7 Å². The number of anilines is 2. The third-order valence-electron chi connectivity index (χ3n) is 4.50. The van der Waals surface area contributed by atoms with Crippen molar-refractivity contribution in [1.29, 1.82) is 0 Å². The fourth-order valence-electron chi connectivity index (χ4n) is 2.97. The van der Waals surface area contributed by atoms with E-state index in [1.165, 1.54) is 0 Å². The minimum Gasteiger partial charge on any atom is -0.482 e. The largest absolute Gasteiger partial charge is 0.482 e. The van der Waals surface area contributed by atoms with Crippen LogP contribution in [0.2, 0.25) is 0 Å². The molecule has 6 nitrogen and oxygen atoms in total. The predicted molar refractivity (Wildman–Crippen MR) is 84.2 cm³/mol. The fourth-order valence-corrected chi connectivity index (χ4v) is 2.97. The van der Waals surface area contributed by atoms with Crippen LogP contribution in [-0.4, -0.2) is 36.0 Å². The second-order valence-corrected chi connectivity index (χ2v) is 6.03. The molecule has 0 aromatic heterocycles. The lowest BCUT2D eigenvalue weighted by atomic mass is 9.92. The second-order valence-electron chi connectivity index (χ2n) is 6.03. The van der Waals surface area contributed by atoms with E-state index in [2.05, 4.69) is 24.5 Å². The quantitative estimate of drug-likeness (QED) is 0.838. The van der Waals surface area contributed by atoms with Crippen molar-refractivity contribution in [2.24, 2.45) is 5.92 Å². The maximum Gasteiger partial charge on any atom is 0.322 e. The molecule has 0 radical (unpaired) electrons. The molecule has 2 heterocycles. The summed E-state index contributed by atoms with van der Waals surface area (Å²) in [5.74, 6) is 0.930. The van der Waals surface area contributed by atoms with Gasteiger partial charge in [-0.25, -0.2) is 4.79 Å². The summed E-state index contributed by atoms with van der Waals surface area (Å²) < 4.78 is 5.36. The summed E-state index contributed by atoms with van der Waals surface area (Å²) in [5, 5.41) is 5.65. The van der Waals surface area contributed by atoms with Gasteiger partial charge in [0.2, 0.25) is 0 Å². The summed E-state index contributed by atoms with van der Waals surface area (Å²) >= 11 is 0.